The predicted molar refractivity (Wildman–Crippen MR) is 108 cm³/mol. The zero-order chi connectivity index (χ0) is 22.3. The molecule has 1 aliphatic heterocycles. The predicted octanol–water partition coefficient (Wildman–Crippen LogP) is 3.54. The fourth-order valence-electron chi connectivity index (χ4n) is 2.83. The van der Waals surface area contributed by atoms with E-state index in [1.807, 2.05) is 27.7 Å². The highest BCUT2D eigenvalue weighted by molar-refractivity contribution is 7.86. The standard InChI is InChI=1S/C19H22BF3N2O4S/c1-17(2)18(3,4)29-20(28-17)12-10-14(16(27-5)24-11-12)25-30(26)15-9-7-6-8-13(15)19(21,22)23/h6-11,25H,1-5H3. The molecule has 1 aliphatic rings. The molecule has 0 radical (unpaired) electrons. The molecule has 1 saturated heterocycles. The third kappa shape index (κ3) is 4.33. The molecule has 1 atom stereocenters. The maximum atomic E-state index is 13.3. The largest absolute Gasteiger partial charge is 0.496 e. The van der Waals surface area contributed by atoms with Crippen LogP contribution in [0.1, 0.15) is 33.3 Å². The van der Waals surface area contributed by atoms with Crippen LogP contribution in [0.2, 0.25) is 0 Å². The Kier molecular flexibility index (Phi) is 5.92. The van der Waals surface area contributed by atoms with E-state index >= 15 is 0 Å². The van der Waals surface area contributed by atoms with Gasteiger partial charge in [0.25, 0.3) is 0 Å². The maximum absolute atomic E-state index is 13.3. The van der Waals surface area contributed by atoms with Gasteiger partial charge in [-0.2, -0.15) is 13.2 Å². The number of pyridine rings is 1. The van der Waals surface area contributed by atoms with E-state index in [4.69, 9.17) is 14.0 Å². The van der Waals surface area contributed by atoms with E-state index in [1.54, 1.807) is 6.07 Å². The zero-order valence-electron chi connectivity index (χ0n) is 17.2. The van der Waals surface area contributed by atoms with Crippen LogP contribution in [0.15, 0.2) is 41.4 Å². The van der Waals surface area contributed by atoms with Crippen LogP contribution < -0.4 is 14.9 Å². The summed E-state index contributed by atoms with van der Waals surface area (Å²) in [5.74, 6) is 0.0770. The summed E-state index contributed by atoms with van der Waals surface area (Å²) in [6.45, 7) is 7.58. The van der Waals surface area contributed by atoms with Crippen molar-refractivity contribution in [2.45, 2.75) is 50.0 Å². The first-order chi connectivity index (χ1) is 13.9. The lowest BCUT2D eigenvalue weighted by atomic mass is 9.80. The first-order valence-electron chi connectivity index (χ1n) is 9.10. The molecule has 2 aromatic rings. The number of aromatic nitrogens is 1. The lowest BCUT2D eigenvalue weighted by molar-refractivity contribution is -0.139. The van der Waals surface area contributed by atoms with Gasteiger partial charge >= 0.3 is 13.3 Å². The Balaban J connectivity index is 1.92. The Hall–Kier alpha value is -2.11. The van der Waals surface area contributed by atoms with Gasteiger partial charge in [-0.1, -0.05) is 12.1 Å². The van der Waals surface area contributed by atoms with Crippen molar-refractivity contribution >= 4 is 29.3 Å². The highest BCUT2D eigenvalue weighted by atomic mass is 32.2. The molecule has 1 fully saturated rings. The summed E-state index contributed by atoms with van der Waals surface area (Å²) in [6.07, 6.45) is -3.15. The monoisotopic (exact) mass is 442 g/mol. The Morgan fingerprint density at radius 2 is 1.73 bits per heavy atom. The van der Waals surface area contributed by atoms with E-state index < -0.39 is 45.9 Å². The van der Waals surface area contributed by atoms with Crippen LogP contribution >= 0.6 is 0 Å². The van der Waals surface area contributed by atoms with Crippen molar-refractivity contribution in [3.8, 4) is 5.88 Å². The molecule has 1 aromatic carbocycles. The molecule has 0 aliphatic carbocycles. The number of hydrogen-bond acceptors (Lipinski definition) is 5. The molecule has 2 heterocycles. The summed E-state index contributed by atoms with van der Waals surface area (Å²) in [4.78, 5) is 3.76. The highest BCUT2D eigenvalue weighted by Gasteiger charge is 2.52. The normalized spacial score (nSPS) is 18.9. The number of nitrogens with zero attached hydrogens (tertiary/aromatic N) is 1. The number of alkyl halides is 3. The topological polar surface area (TPSA) is 69.7 Å². The molecule has 30 heavy (non-hydrogen) atoms. The number of halogens is 3. The lowest BCUT2D eigenvalue weighted by Gasteiger charge is -2.32. The van der Waals surface area contributed by atoms with Gasteiger partial charge in [0.2, 0.25) is 5.88 Å². The van der Waals surface area contributed by atoms with Crippen LogP contribution in [0.5, 0.6) is 5.88 Å². The Bertz CT molecular complexity index is 953. The fourth-order valence-corrected chi connectivity index (χ4v) is 3.87. The van der Waals surface area contributed by atoms with Crippen LogP contribution in [-0.4, -0.2) is 34.6 Å². The summed E-state index contributed by atoms with van der Waals surface area (Å²) >= 11 is 0. The Morgan fingerprint density at radius 3 is 2.30 bits per heavy atom. The molecular weight excluding hydrogens is 420 g/mol. The van der Waals surface area contributed by atoms with Crippen molar-refractivity contribution in [2.75, 3.05) is 11.8 Å². The second-order valence-corrected chi connectivity index (χ2v) is 8.96. The first-order valence-corrected chi connectivity index (χ1v) is 10.2. The number of benzene rings is 1. The van der Waals surface area contributed by atoms with Crippen LogP contribution in [-0.2, 0) is 26.5 Å². The molecule has 3 rings (SSSR count). The second kappa shape index (κ2) is 7.86. The van der Waals surface area contributed by atoms with E-state index in [9.17, 15) is 17.4 Å². The molecule has 11 heteroatoms. The summed E-state index contributed by atoms with van der Waals surface area (Å²) in [6, 6.07) is 6.21. The molecule has 0 amide bonds. The summed E-state index contributed by atoms with van der Waals surface area (Å²) < 4.78 is 72.3. The summed E-state index contributed by atoms with van der Waals surface area (Å²) in [5.41, 5.74) is -1.48. The number of ether oxygens (including phenoxy) is 1. The molecule has 1 unspecified atom stereocenters. The van der Waals surface area contributed by atoms with E-state index in [0.717, 1.165) is 12.1 Å². The maximum Gasteiger partial charge on any atom is 0.496 e. The van der Waals surface area contributed by atoms with Gasteiger partial charge in [-0.3, -0.25) is 4.72 Å². The Labute approximate surface area is 175 Å². The van der Waals surface area contributed by atoms with Crippen molar-refractivity contribution in [2.24, 2.45) is 0 Å². The average molecular weight is 442 g/mol. The number of nitrogens with one attached hydrogen (secondary N) is 1. The molecule has 162 valence electrons. The van der Waals surface area contributed by atoms with E-state index in [2.05, 4.69) is 9.71 Å². The molecule has 0 spiro atoms. The van der Waals surface area contributed by atoms with Gasteiger partial charge < -0.3 is 14.0 Å². The molecular formula is C19H22BF3N2O4S. The lowest BCUT2D eigenvalue weighted by Crippen LogP contribution is -2.41. The third-order valence-electron chi connectivity index (χ3n) is 5.19. The number of hydrogen-bond donors (Lipinski definition) is 1. The van der Waals surface area contributed by atoms with Gasteiger partial charge in [0.1, 0.15) is 5.69 Å². The Morgan fingerprint density at radius 1 is 1.13 bits per heavy atom. The van der Waals surface area contributed by atoms with Crippen LogP contribution in [0, 0.1) is 0 Å². The number of rotatable bonds is 5. The van der Waals surface area contributed by atoms with Crippen molar-refractivity contribution < 1.29 is 31.4 Å². The molecule has 0 bridgehead atoms. The minimum absolute atomic E-state index is 0.0770. The van der Waals surface area contributed by atoms with E-state index in [1.165, 1.54) is 25.4 Å². The van der Waals surface area contributed by atoms with Crippen molar-refractivity contribution in [3.63, 3.8) is 0 Å². The van der Waals surface area contributed by atoms with Crippen molar-refractivity contribution in [1.82, 2.24) is 4.98 Å². The zero-order valence-corrected chi connectivity index (χ0v) is 18.0. The summed E-state index contributed by atoms with van der Waals surface area (Å²) in [7, 11) is -1.61. The fraction of sp³-hybridized carbons (Fsp3) is 0.421. The van der Waals surface area contributed by atoms with Crippen molar-refractivity contribution in [1.29, 1.82) is 0 Å². The van der Waals surface area contributed by atoms with Gasteiger partial charge in [0, 0.05) is 11.7 Å². The smallest absolute Gasteiger partial charge is 0.480 e. The third-order valence-corrected chi connectivity index (χ3v) is 6.35. The molecule has 1 aromatic heterocycles. The van der Waals surface area contributed by atoms with Crippen LogP contribution in [0.4, 0.5) is 18.9 Å². The van der Waals surface area contributed by atoms with Gasteiger partial charge in [0.05, 0.1) is 28.8 Å². The van der Waals surface area contributed by atoms with Gasteiger partial charge in [0.15, 0.2) is 11.0 Å². The van der Waals surface area contributed by atoms with E-state index in [0.29, 0.717) is 5.46 Å². The number of methoxy groups -OCH3 is 1. The first kappa shape index (κ1) is 22.6. The van der Waals surface area contributed by atoms with Crippen molar-refractivity contribution in [3.05, 3.63) is 42.1 Å². The quantitative estimate of drug-likeness (QED) is 0.718. The second-order valence-electron chi connectivity index (χ2n) is 7.78. The molecule has 0 saturated carbocycles. The van der Waals surface area contributed by atoms with Gasteiger partial charge in [-0.15, -0.1) is 0 Å². The van der Waals surface area contributed by atoms with Crippen LogP contribution in [0.25, 0.3) is 0 Å². The van der Waals surface area contributed by atoms with Gasteiger partial charge in [-0.25, -0.2) is 9.19 Å². The number of anilines is 1. The van der Waals surface area contributed by atoms with Gasteiger partial charge in [-0.05, 0) is 45.9 Å². The van der Waals surface area contributed by atoms with Crippen LogP contribution in [0.3, 0.4) is 0 Å². The molecule has 6 nitrogen and oxygen atoms in total. The SMILES string of the molecule is COc1ncc(B2OC(C)(C)C(C)(C)O2)cc1NS(=O)c1ccccc1C(F)(F)F. The minimum Gasteiger partial charge on any atom is -0.480 e. The average Bonchev–Trinajstić information content (AvgIpc) is 2.88. The summed E-state index contributed by atoms with van der Waals surface area (Å²) in [5, 5.41) is 0. The molecule has 1 N–H and O–H groups in total. The van der Waals surface area contributed by atoms with E-state index in [-0.39, 0.29) is 11.6 Å². The highest BCUT2D eigenvalue weighted by Crippen LogP contribution is 2.37. The minimum atomic E-state index is -4.64.